The van der Waals surface area contributed by atoms with Gasteiger partial charge in [0.15, 0.2) is 0 Å². The first kappa shape index (κ1) is 10.4. The normalized spacial score (nSPS) is 25.5. The maximum Gasteiger partial charge on any atom is 0.146 e. The Morgan fingerprint density at radius 3 is 2.93 bits per heavy atom. The van der Waals surface area contributed by atoms with E-state index in [0.29, 0.717) is 5.69 Å². The zero-order chi connectivity index (χ0) is 10.8. The van der Waals surface area contributed by atoms with Gasteiger partial charge in [-0.25, -0.2) is 4.39 Å². The summed E-state index contributed by atoms with van der Waals surface area (Å²) in [6, 6.07) is 5.33. The lowest BCUT2D eigenvalue weighted by Crippen LogP contribution is -2.27. The first-order chi connectivity index (χ1) is 7.16. The molecule has 2 nitrogen and oxygen atoms in total. The van der Waals surface area contributed by atoms with E-state index >= 15 is 0 Å². The third-order valence-electron chi connectivity index (χ3n) is 2.84. The molecule has 2 rings (SSSR count). The van der Waals surface area contributed by atoms with E-state index < -0.39 is 0 Å². The number of rotatable bonds is 2. The van der Waals surface area contributed by atoms with Crippen molar-refractivity contribution in [2.45, 2.75) is 32.4 Å². The van der Waals surface area contributed by atoms with Crippen LogP contribution in [-0.2, 0) is 4.74 Å². The van der Waals surface area contributed by atoms with Gasteiger partial charge < -0.3 is 10.1 Å². The van der Waals surface area contributed by atoms with E-state index in [1.54, 1.807) is 6.07 Å². The number of hydrogen-bond donors (Lipinski definition) is 1. The summed E-state index contributed by atoms with van der Waals surface area (Å²) in [5.41, 5.74) is 1.64. The van der Waals surface area contributed by atoms with Crippen molar-refractivity contribution in [1.82, 2.24) is 0 Å². The van der Waals surface area contributed by atoms with Crippen molar-refractivity contribution in [2.75, 3.05) is 11.9 Å². The molecular formula is C12H16FNO. The van der Waals surface area contributed by atoms with Gasteiger partial charge in [0.05, 0.1) is 17.8 Å². The van der Waals surface area contributed by atoms with Gasteiger partial charge in [-0.3, -0.25) is 0 Å². The van der Waals surface area contributed by atoms with Gasteiger partial charge in [-0.15, -0.1) is 0 Å². The van der Waals surface area contributed by atoms with Crippen LogP contribution < -0.4 is 5.32 Å². The molecule has 2 atom stereocenters. The Hall–Kier alpha value is -1.09. The zero-order valence-corrected chi connectivity index (χ0v) is 9.09. The molecule has 3 heteroatoms. The average Bonchev–Trinajstić information content (AvgIpc) is 2.58. The predicted octanol–water partition coefficient (Wildman–Crippen LogP) is 2.72. The highest BCUT2D eigenvalue weighted by atomic mass is 19.1. The number of nitrogens with one attached hydrogen (secondary N) is 1. The van der Waals surface area contributed by atoms with Crippen LogP contribution >= 0.6 is 0 Å². The second kappa shape index (κ2) is 4.19. The van der Waals surface area contributed by atoms with Crippen LogP contribution in [0.2, 0.25) is 0 Å². The van der Waals surface area contributed by atoms with E-state index in [4.69, 9.17) is 4.74 Å². The molecule has 1 aliphatic heterocycles. The smallest absolute Gasteiger partial charge is 0.146 e. The van der Waals surface area contributed by atoms with Crippen LogP contribution in [0.3, 0.4) is 0 Å². The fourth-order valence-corrected chi connectivity index (χ4v) is 1.87. The molecule has 0 aromatic heterocycles. The molecule has 82 valence electrons. The quantitative estimate of drug-likeness (QED) is 0.808. The summed E-state index contributed by atoms with van der Waals surface area (Å²) >= 11 is 0. The third-order valence-corrected chi connectivity index (χ3v) is 2.84. The number of anilines is 1. The fourth-order valence-electron chi connectivity index (χ4n) is 1.87. The van der Waals surface area contributed by atoms with Gasteiger partial charge >= 0.3 is 0 Å². The van der Waals surface area contributed by atoms with E-state index in [9.17, 15) is 4.39 Å². The van der Waals surface area contributed by atoms with Gasteiger partial charge in [0.25, 0.3) is 0 Å². The van der Waals surface area contributed by atoms with E-state index in [1.807, 2.05) is 19.9 Å². The van der Waals surface area contributed by atoms with E-state index in [0.717, 1.165) is 18.6 Å². The van der Waals surface area contributed by atoms with Crippen molar-refractivity contribution in [1.29, 1.82) is 0 Å². The lowest BCUT2D eigenvalue weighted by atomic mass is 10.1. The summed E-state index contributed by atoms with van der Waals surface area (Å²) in [4.78, 5) is 0. The van der Waals surface area contributed by atoms with Crippen molar-refractivity contribution in [3.8, 4) is 0 Å². The van der Waals surface area contributed by atoms with E-state index in [2.05, 4.69) is 5.32 Å². The Bertz CT molecular complexity index is 353. The van der Waals surface area contributed by atoms with Crippen molar-refractivity contribution < 1.29 is 9.13 Å². The summed E-state index contributed by atoms with van der Waals surface area (Å²) in [6.07, 6.45) is 1.10. The van der Waals surface area contributed by atoms with Gasteiger partial charge in [0.2, 0.25) is 0 Å². The molecule has 0 saturated carbocycles. The fraction of sp³-hybridized carbons (Fsp3) is 0.500. The minimum atomic E-state index is -0.195. The van der Waals surface area contributed by atoms with E-state index in [-0.39, 0.29) is 18.0 Å². The number of aryl methyl sites for hydroxylation is 1. The van der Waals surface area contributed by atoms with Crippen LogP contribution in [0.1, 0.15) is 18.9 Å². The lowest BCUT2D eigenvalue weighted by Gasteiger charge is -2.18. The Balaban J connectivity index is 2.12. The zero-order valence-electron chi connectivity index (χ0n) is 9.09. The molecule has 0 bridgehead atoms. The molecule has 0 spiro atoms. The lowest BCUT2D eigenvalue weighted by molar-refractivity contribution is 0.121. The molecule has 1 heterocycles. The number of hydrogen-bond acceptors (Lipinski definition) is 2. The van der Waals surface area contributed by atoms with Gasteiger partial charge in [-0.1, -0.05) is 6.07 Å². The second-order valence-electron chi connectivity index (χ2n) is 4.10. The Morgan fingerprint density at radius 2 is 2.27 bits per heavy atom. The Labute approximate surface area is 89.4 Å². The third kappa shape index (κ3) is 2.29. The number of halogens is 1. The molecule has 0 amide bonds. The molecule has 1 fully saturated rings. The van der Waals surface area contributed by atoms with Crippen molar-refractivity contribution in [3.63, 3.8) is 0 Å². The largest absolute Gasteiger partial charge is 0.377 e. The van der Waals surface area contributed by atoms with Gasteiger partial charge in [-0.2, -0.15) is 0 Å². The molecule has 1 aromatic rings. The van der Waals surface area contributed by atoms with Crippen LogP contribution in [0, 0.1) is 12.7 Å². The van der Waals surface area contributed by atoms with Crippen molar-refractivity contribution in [3.05, 3.63) is 29.6 Å². The molecular weight excluding hydrogens is 193 g/mol. The highest BCUT2D eigenvalue weighted by Crippen LogP contribution is 2.22. The first-order valence-electron chi connectivity index (χ1n) is 5.31. The number of benzene rings is 1. The molecule has 1 N–H and O–H groups in total. The molecule has 0 radical (unpaired) electrons. The monoisotopic (exact) mass is 209 g/mol. The van der Waals surface area contributed by atoms with Crippen molar-refractivity contribution >= 4 is 5.69 Å². The maximum atomic E-state index is 13.4. The molecule has 0 unspecified atom stereocenters. The predicted molar refractivity (Wildman–Crippen MR) is 58.6 cm³/mol. The van der Waals surface area contributed by atoms with Gasteiger partial charge in [0, 0.05) is 6.61 Å². The van der Waals surface area contributed by atoms with Crippen LogP contribution in [0.25, 0.3) is 0 Å². The minimum absolute atomic E-state index is 0.157. The van der Waals surface area contributed by atoms with Crippen LogP contribution in [-0.4, -0.2) is 18.8 Å². The summed E-state index contributed by atoms with van der Waals surface area (Å²) in [7, 11) is 0. The van der Waals surface area contributed by atoms with Crippen LogP contribution in [0.4, 0.5) is 10.1 Å². The maximum absolute atomic E-state index is 13.4. The van der Waals surface area contributed by atoms with Gasteiger partial charge in [-0.05, 0) is 38.0 Å². The summed E-state index contributed by atoms with van der Waals surface area (Å²) < 4.78 is 18.9. The molecule has 1 saturated heterocycles. The molecule has 1 aromatic carbocycles. The Kier molecular flexibility index (Phi) is 2.91. The first-order valence-corrected chi connectivity index (χ1v) is 5.31. The molecule has 1 aliphatic rings. The SMILES string of the molecule is Cc1ccc(F)c(N[C@H]2CCO[C@@H]2C)c1. The molecule has 15 heavy (non-hydrogen) atoms. The van der Waals surface area contributed by atoms with Crippen LogP contribution in [0.5, 0.6) is 0 Å². The number of ether oxygens (including phenoxy) is 1. The summed E-state index contributed by atoms with van der Waals surface area (Å²) in [5.74, 6) is -0.195. The summed E-state index contributed by atoms with van der Waals surface area (Å²) in [5, 5.41) is 3.20. The highest BCUT2D eigenvalue weighted by molar-refractivity contribution is 5.48. The second-order valence-corrected chi connectivity index (χ2v) is 4.10. The summed E-state index contributed by atoms with van der Waals surface area (Å²) in [6.45, 7) is 4.73. The van der Waals surface area contributed by atoms with Gasteiger partial charge in [0.1, 0.15) is 5.82 Å². The van der Waals surface area contributed by atoms with Crippen molar-refractivity contribution in [2.24, 2.45) is 0 Å². The van der Waals surface area contributed by atoms with Crippen LogP contribution in [0.15, 0.2) is 18.2 Å². The highest BCUT2D eigenvalue weighted by Gasteiger charge is 2.24. The standard InChI is InChI=1S/C12H16FNO/c1-8-3-4-10(13)12(7-8)14-11-5-6-15-9(11)2/h3-4,7,9,11,14H,5-6H2,1-2H3/t9-,11+/m1/s1. The topological polar surface area (TPSA) is 21.3 Å². The van der Waals surface area contributed by atoms with E-state index in [1.165, 1.54) is 6.07 Å². The average molecular weight is 209 g/mol. The molecule has 0 aliphatic carbocycles. The Morgan fingerprint density at radius 1 is 1.47 bits per heavy atom. The minimum Gasteiger partial charge on any atom is -0.377 e.